The number of carboxylic acids is 1. The minimum atomic E-state index is -1.16. The Morgan fingerprint density at radius 1 is 1.25 bits per heavy atom. The molecule has 0 saturated carbocycles. The summed E-state index contributed by atoms with van der Waals surface area (Å²) in [4.78, 5) is 26.1. The number of carbonyl (C=O) groups excluding carboxylic acids is 1. The van der Waals surface area contributed by atoms with E-state index >= 15 is 0 Å². The molecule has 0 atom stereocenters. The predicted molar refractivity (Wildman–Crippen MR) is 70.0 cm³/mol. The van der Waals surface area contributed by atoms with Crippen molar-refractivity contribution in [3.63, 3.8) is 0 Å². The first-order chi connectivity index (χ1) is 9.47. The minimum Gasteiger partial charge on any atom is -0.477 e. The fourth-order valence-electron chi connectivity index (χ4n) is 1.47. The van der Waals surface area contributed by atoms with Crippen LogP contribution >= 0.6 is 0 Å². The third kappa shape index (κ3) is 2.89. The van der Waals surface area contributed by atoms with E-state index in [4.69, 9.17) is 10.8 Å². The normalized spacial score (nSPS) is 10.1. The number of amides is 1. The number of pyridine rings is 1. The van der Waals surface area contributed by atoms with Crippen LogP contribution in [0.2, 0.25) is 0 Å². The standard InChI is InChI=1S/C13H10FN3O3/c14-9-5-7(1-3-10(9)15)12(18)17-8-2-4-11(13(19)20)16-6-8/h1-6H,15H2,(H,17,18)(H,19,20). The number of aromatic carboxylic acids is 1. The highest BCUT2D eigenvalue weighted by Crippen LogP contribution is 2.14. The maximum absolute atomic E-state index is 13.2. The molecule has 20 heavy (non-hydrogen) atoms. The Hall–Kier alpha value is -2.96. The lowest BCUT2D eigenvalue weighted by Gasteiger charge is -2.06. The maximum atomic E-state index is 13.2. The SMILES string of the molecule is Nc1ccc(C(=O)Nc2ccc(C(=O)O)nc2)cc1F. The Morgan fingerprint density at radius 3 is 2.55 bits per heavy atom. The van der Waals surface area contributed by atoms with E-state index in [2.05, 4.69) is 10.3 Å². The van der Waals surface area contributed by atoms with Crippen molar-refractivity contribution in [2.45, 2.75) is 0 Å². The molecule has 0 unspecified atom stereocenters. The first kappa shape index (κ1) is 13.5. The van der Waals surface area contributed by atoms with Gasteiger partial charge < -0.3 is 16.2 Å². The van der Waals surface area contributed by atoms with Gasteiger partial charge in [0.05, 0.1) is 17.6 Å². The molecule has 4 N–H and O–H groups in total. The zero-order chi connectivity index (χ0) is 14.7. The molecule has 0 fully saturated rings. The van der Waals surface area contributed by atoms with Gasteiger partial charge in [-0.1, -0.05) is 0 Å². The molecular weight excluding hydrogens is 265 g/mol. The average Bonchev–Trinajstić information content (AvgIpc) is 2.42. The number of benzene rings is 1. The van der Waals surface area contributed by atoms with E-state index in [0.717, 1.165) is 6.07 Å². The second kappa shape index (κ2) is 5.35. The molecule has 1 amide bonds. The summed E-state index contributed by atoms with van der Waals surface area (Å²) in [5.74, 6) is -2.39. The number of carboxylic acid groups (broad SMARTS) is 1. The van der Waals surface area contributed by atoms with Gasteiger partial charge in [0.25, 0.3) is 5.91 Å². The van der Waals surface area contributed by atoms with E-state index in [-0.39, 0.29) is 16.9 Å². The van der Waals surface area contributed by atoms with Crippen LogP contribution in [0, 0.1) is 5.82 Å². The van der Waals surface area contributed by atoms with Gasteiger partial charge in [-0.25, -0.2) is 14.2 Å². The van der Waals surface area contributed by atoms with Gasteiger partial charge in [-0.2, -0.15) is 0 Å². The lowest BCUT2D eigenvalue weighted by Crippen LogP contribution is -2.13. The van der Waals surface area contributed by atoms with Crippen LogP contribution in [-0.2, 0) is 0 Å². The number of anilines is 2. The highest BCUT2D eigenvalue weighted by atomic mass is 19.1. The molecule has 0 aliphatic heterocycles. The summed E-state index contributed by atoms with van der Waals surface area (Å²) in [5, 5.41) is 11.2. The Kier molecular flexibility index (Phi) is 3.60. The summed E-state index contributed by atoms with van der Waals surface area (Å²) in [6, 6.07) is 6.33. The molecular formula is C13H10FN3O3. The summed E-state index contributed by atoms with van der Waals surface area (Å²) in [6.45, 7) is 0. The third-order valence-corrected chi connectivity index (χ3v) is 2.50. The summed E-state index contributed by atoms with van der Waals surface area (Å²) < 4.78 is 13.2. The second-order valence-electron chi connectivity index (χ2n) is 3.93. The number of nitrogens with one attached hydrogen (secondary N) is 1. The van der Waals surface area contributed by atoms with Gasteiger partial charge in [-0.3, -0.25) is 4.79 Å². The Balaban J connectivity index is 2.14. The zero-order valence-corrected chi connectivity index (χ0v) is 10.1. The van der Waals surface area contributed by atoms with Gasteiger partial charge in [-0.15, -0.1) is 0 Å². The van der Waals surface area contributed by atoms with Crippen LogP contribution in [0.3, 0.4) is 0 Å². The van der Waals surface area contributed by atoms with Crippen LogP contribution in [0.4, 0.5) is 15.8 Å². The lowest BCUT2D eigenvalue weighted by molar-refractivity contribution is 0.0690. The molecule has 0 radical (unpaired) electrons. The van der Waals surface area contributed by atoms with Gasteiger partial charge in [0, 0.05) is 5.56 Å². The molecule has 6 nitrogen and oxygen atoms in total. The molecule has 1 aromatic heterocycles. The predicted octanol–water partition coefficient (Wildman–Crippen LogP) is 1.75. The van der Waals surface area contributed by atoms with Gasteiger partial charge in [0.1, 0.15) is 11.5 Å². The van der Waals surface area contributed by atoms with Crippen LogP contribution in [0.1, 0.15) is 20.8 Å². The summed E-state index contributed by atoms with van der Waals surface area (Å²) in [6.07, 6.45) is 1.20. The Labute approximate surface area is 113 Å². The minimum absolute atomic E-state index is 0.0472. The molecule has 1 aromatic carbocycles. The summed E-state index contributed by atoms with van der Waals surface area (Å²) >= 11 is 0. The number of aromatic nitrogens is 1. The van der Waals surface area contributed by atoms with Gasteiger partial charge >= 0.3 is 5.97 Å². The topological polar surface area (TPSA) is 105 Å². The number of carbonyl (C=O) groups is 2. The van der Waals surface area contributed by atoms with E-state index in [1.54, 1.807) is 0 Å². The van der Waals surface area contributed by atoms with Crippen molar-refractivity contribution in [3.05, 3.63) is 53.6 Å². The lowest BCUT2D eigenvalue weighted by atomic mass is 10.2. The van der Waals surface area contributed by atoms with Gasteiger partial charge in [0.2, 0.25) is 0 Å². The molecule has 1 heterocycles. The van der Waals surface area contributed by atoms with Crippen LogP contribution in [0.15, 0.2) is 36.5 Å². The second-order valence-corrected chi connectivity index (χ2v) is 3.93. The average molecular weight is 275 g/mol. The number of hydrogen-bond acceptors (Lipinski definition) is 4. The number of rotatable bonds is 3. The van der Waals surface area contributed by atoms with Crippen molar-refractivity contribution in [2.75, 3.05) is 11.1 Å². The van der Waals surface area contributed by atoms with E-state index in [9.17, 15) is 14.0 Å². The molecule has 0 aliphatic carbocycles. The van der Waals surface area contributed by atoms with E-state index in [1.165, 1.54) is 30.5 Å². The van der Waals surface area contributed by atoms with Crippen LogP contribution in [0.25, 0.3) is 0 Å². The molecule has 0 aliphatic rings. The van der Waals surface area contributed by atoms with Gasteiger partial charge in [-0.05, 0) is 30.3 Å². The van der Waals surface area contributed by atoms with Crippen molar-refractivity contribution in [1.82, 2.24) is 4.98 Å². The smallest absolute Gasteiger partial charge is 0.354 e. The largest absolute Gasteiger partial charge is 0.477 e. The summed E-state index contributed by atoms with van der Waals surface area (Å²) in [7, 11) is 0. The quantitative estimate of drug-likeness (QED) is 0.740. The van der Waals surface area contributed by atoms with E-state index in [1.807, 2.05) is 0 Å². The van der Waals surface area contributed by atoms with Crippen molar-refractivity contribution in [2.24, 2.45) is 0 Å². The first-order valence-electron chi connectivity index (χ1n) is 5.53. The number of hydrogen-bond donors (Lipinski definition) is 3. The van der Waals surface area contributed by atoms with E-state index < -0.39 is 17.7 Å². The van der Waals surface area contributed by atoms with Crippen molar-refractivity contribution < 1.29 is 19.1 Å². The van der Waals surface area contributed by atoms with Crippen LogP contribution in [0.5, 0.6) is 0 Å². The molecule has 2 aromatic rings. The van der Waals surface area contributed by atoms with E-state index in [0.29, 0.717) is 5.69 Å². The van der Waals surface area contributed by atoms with Crippen molar-refractivity contribution in [3.8, 4) is 0 Å². The zero-order valence-electron chi connectivity index (χ0n) is 10.1. The van der Waals surface area contributed by atoms with Crippen molar-refractivity contribution >= 4 is 23.3 Å². The fraction of sp³-hybridized carbons (Fsp3) is 0. The summed E-state index contributed by atoms with van der Waals surface area (Å²) in [5.41, 5.74) is 5.53. The highest BCUT2D eigenvalue weighted by Gasteiger charge is 2.10. The maximum Gasteiger partial charge on any atom is 0.354 e. The molecule has 0 bridgehead atoms. The molecule has 102 valence electrons. The van der Waals surface area contributed by atoms with Crippen LogP contribution in [-0.4, -0.2) is 22.0 Å². The van der Waals surface area contributed by atoms with Crippen molar-refractivity contribution in [1.29, 1.82) is 0 Å². The molecule has 0 spiro atoms. The first-order valence-corrected chi connectivity index (χ1v) is 5.53. The number of halogens is 1. The Bertz CT molecular complexity index is 671. The highest BCUT2D eigenvalue weighted by molar-refractivity contribution is 6.04. The molecule has 2 rings (SSSR count). The number of nitrogens with zero attached hydrogens (tertiary/aromatic N) is 1. The number of nitrogens with two attached hydrogens (primary N) is 1. The number of nitrogen functional groups attached to an aromatic ring is 1. The fourth-order valence-corrected chi connectivity index (χ4v) is 1.47. The monoisotopic (exact) mass is 275 g/mol. The molecule has 7 heteroatoms. The molecule has 0 saturated heterocycles. The Morgan fingerprint density at radius 2 is 2.00 bits per heavy atom. The third-order valence-electron chi connectivity index (χ3n) is 2.50. The van der Waals surface area contributed by atoms with Crippen LogP contribution < -0.4 is 11.1 Å². The van der Waals surface area contributed by atoms with Gasteiger partial charge in [0.15, 0.2) is 0 Å².